The third-order valence-electron chi connectivity index (χ3n) is 8.51. The highest BCUT2D eigenvalue weighted by molar-refractivity contribution is 5.76. The van der Waals surface area contributed by atoms with Crippen molar-refractivity contribution in [2.24, 2.45) is 23.2 Å². The molecule has 4 heteroatoms. The van der Waals surface area contributed by atoms with Gasteiger partial charge >= 0.3 is 5.97 Å². The molecule has 140 valence electrons. The number of nitrogens with one attached hydrogen (secondary N) is 1. The van der Waals surface area contributed by atoms with Gasteiger partial charge in [-0.05, 0) is 50.9 Å². The van der Waals surface area contributed by atoms with Crippen molar-refractivity contribution in [2.75, 3.05) is 19.6 Å². The molecule has 0 bridgehead atoms. The molecular weight excluding hydrogens is 314 g/mol. The van der Waals surface area contributed by atoms with Gasteiger partial charge in [0, 0.05) is 11.3 Å². The number of hydrogen-bond donors (Lipinski definition) is 1. The second kappa shape index (κ2) is 5.69. The number of likely N-dealkylation sites (tertiary alicyclic amines) is 1. The quantitative estimate of drug-likeness (QED) is 0.613. The highest BCUT2D eigenvalue weighted by atomic mass is 16.6. The summed E-state index contributed by atoms with van der Waals surface area (Å²) >= 11 is 0. The highest BCUT2D eigenvalue weighted by Crippen LogP contribution is 2.70. The van der Waals surface area contributed by atoms with Gasteiger partial charge in [-0.1, -0.05) is 20.3 Å². The van der Waals surface area contributed by atoms with E-state index in [1.807, 2.05) is 0 Å². The van der Waals surface area contributed by atoms with Crippen LogP contribution in [0.1, 0.15) is 65.2 Å². The largest absolute Gasteiger partial charge is 0.462 e. The number of fused-ring (bicyclic) bond motifs is 2. The van der Waals surface area contributed by atoms with Crippen molar-refractivity contribution in [3.8, 4) is 0 Å². The minimum absolute atomic E-state index is 0.0484. The summed E-state index contributed by atoms with van der Waals surface area (Å²) in [5.41, 5.74) is 0.258. The number of rotatable bonds is 2. The molecule has 1 spiro atoms. The summed E-state index contributed by atoms with van der Waals surface area (Å²) < 4.78 is 12.5. The van der Waals surface area contributed by atoms with Crippen LogP contribution in [0.15, 0.2) is 0 Å². The molecule has 0 aromatic rings. The first-order valence-corrected chi connectivity index (χ1v) is 10.8. The number of carbonyl (C=O) groups excluding carboxylic acids is 1. The van der Waals surface area contributed by atoms with Crippen molar-refractivity contribution in [1.29, 1.82) is 0 Å². The van der Waals surface area contributed by atoms with Crippen LogP contribution in [0.2, 0.25) is 0 Å². The van der Waals surface area contributed by atoms with Crippen molar-refractivity contribution < 1.29 is 19.2 Å². The van der Waals surface area contributed by atoms with Crippen LogP contribution < -0.4 is 4.90 Å². The van der Waals surface area contributed by atoms with Crippen molar-refractivity contribution in [1.82, 2.24) is 0 Å². The summed E-state index contributed by atoms with van der Waals surface area (Å²) in [6, 6.07) is 0. The number of ether oxygens (including phenoxy) is 2. The van der Waals surface area contributed by atoms with Crippen LogP contribution in [0.4, 0.5) is 0 Å². The van der Waals surface area contributed by atoms with Gasteiger partial charge in [-0.15, -0.1) is 0 Å². The number of epoxide rings is 1. The Kier molecular flexibility index (Phi) is 3.77. The zero-order valence-corrected chi connectivity index (χ0v) is 15.9. The van der Waals surface area contributed by atoms with Gasteiger partial charge in [0.2, 0.25) is 0 Å². The zero-order chi connectivity index (χ0) is 17.2. The van der Waals surface area contributed by atoms with Crippen LogP contribution in [0.3, 0.4) is 0 Å². The molecule has 3 aliphatic heterocycles. The first-order chi connectivity index (χ1) is 12.1. The maximum absolute atomic E-state index is 12.8. The molecule has 25 heavy (non-hydrogen) atoms. The van der Waals surface area contributed by atoms with E-state index < -0.39 is 0 Å². The van der Waals surface area contributed by atoms with Gasteiger partial charge in [0.15, 0.2) is 0 Å². The van der Waals surface area contributed by atoms with Crippen molar-refractivity contribution in [3.63, 3.8) is 0 Å². The molecule has 0 radical (unpaired) electrons. The number of esters is 1. The zero-order valence-electron chi connectivity index (χ0n) is 15.9. The summed E-state index contributed by atoms with van der Waals surface area (Å²) in [4.78, 5) is 14.4. The van der Waals surface area contributed by atoms with Crippen molar-refractivity contribution >= 4 is 5.97 Å². The number of quaternary nitrogens is 1. The summed E-state index contributed by atoms with van der Waals surface area (Å²) in [6.07, 6.45) is 10.5. The van der Waals surface area contributed by atoms with E-state index in [1.165, 1.54) is 58.0 Å². The predicted octanol–water partition coefficient (Wildman–Crippen LogP) is 1.97. The SMILES string of the molecule is C[C@H]1CCC[C@]2(C)C[C@H]3OC(=O)[C@H](C[NH+]4CCCCCC4)[C@H]3[C@@H]3O[C@@]132. The first kappa shape index (κ1) is 16.6. The molecule has 5 fully saturated rings. The van der Waals surface area contributed by atoms with E-state index in [1.54, 1.807) is 4.90 Å². The molecule has 1 N–H and O–H groups in total. The fourth-order valence-corrected chi connectivity index (χ4v) is 7.21. The normalized spacial score (nSPS) is 52.6. The van der Waals surface area contributed by atoms with Crippen molar-refractivity contribution in [2.45, 2.75) is 83.0 Å². The van der Waals surface area contributed by atoms with E-state index in [0.717, 1.165) is 13.0 Å². The number of hydrogen-bond acceptors (Lipinski definition) is 3. The first-order valence-electron chi connectivity index (χ1n) is 10.8. The van der Waals surface area contributed by atoms with Crippen LogP contribution >= 0.6 is 0 Å². The van der Waals surface area contributed by atoms with Gasteiger partial charge in [-0.25, -0.2) is 0 Å². The smallest absolute Gasteiger partial charge is 0.315 e. The standard InChI is InChI=1S/C21H33NO3/c1-14-8-7-9-20(2)12-16-17(18-21(14,20)25-18)15(19(23)24-16)13-22-10-5-3-4-6-11-22/h14-18H,3-13H2,1-2H3/p+1/t14-,15+,16+,17+,18-,20+,21-/m0/s1. The fourth-order valence-electron chi connectivity index (χ4n) is 7.21. The highest BCUT2D eigenvalue weighted by Gasteiger charge is 2.78. The van der Waals surface area contributed by atoms with E-state index in [9.17, 15) is 4.79 Å². The second-order valence-corrected chi connectivity index (χ2v) is 9.92. The molecule has 7 atom stereocenters. The van der Waals surface area contributed by atoms with Crippen LogP contribution in [0, 0.1) is 23.2 Å². The Balaban J connectivity index is 1.38. The molecule has 5 rings (SSSR count). The lowest BCUT2D eigenvalue weighted by Gasteiger charge is -2.48. The van der Waals surface area contributed by atoms with E-state index in [4.69, 9.17) is 9.47 Å². The topological polar surface area (TPSA) is 43.3 Å². The summed E-state index contributed by atoms with van der Waals surface area (Å²) in [5.74, 6) is 1.09. The minimum Gasteiger partial charge on any atom is -0.462 e. The lowest BCUT2D eigenvalue weighted by molar-refractivity contribution is -0.902. The molecule has 0 aromatic heterocycles. The monoisotopic (exact) mass is 348 g/mol. The summed E-state index contributed by atoms with van der Waals surface area (Å²) in [7, 11) is 0. The number of carbonyl (C=O) groups is 1. The Bertz CT molecular complexity index is 557. The molecule has 5 aliphatic rings. The lowest BCUT2D eigenvalue weighted by atomic mass is 9.53. The van der Waals surface area contributed by atoms with Gasteiger partial charge < -0.3 is 14.4 Å². The lowest BCUT2D eigenvalue weighted by Crippen LogP contribution is -3.12. The Hall–Kier alpha value is -0.610. The Labute approximate surface area is 151 Å². The van der Waals surface area contributed by atoms with E-state index >= 15 is 0 Å². The second-order valence-electron chi connectivity index (χ2n) is 9.92. The van der Waals surface area contributed by atoms with Crippen LogP contribution in [0.25, 0.3) is 0 Å². The van der Waals surface area contributed by atoms with Gasteiger partial charge in [0.1, 0.15) is 17.6 Å². The molecule has 0 amide bonds. The maximum atomic E-state index is 12.8. The van der Waals surface area contributed by atoms with Crippen LogP contribution in [-0.2, 0) is 14.3 Å². The molecule has 0 aromatic carbocycles. The van der Waals surface area contributed by atoms with Gasteiger partial charge in [-0.2, -0.15) is 0 Å². The fraction of sp³-hybridized carbons (Fsp3) is 0.952. The summed E-state index contributed by atoms with van der Waals surface area (Å²) in [5, 5.41) is 0. The maximum Gasteiger partial charge on any atom is 0.315 e. The van der Waals surface area contributed by atoms with Crippen molar-refractivity contribution in [3.05, 3.63) is 0 Å². The van der Waals surface area contributed by atoms with E-state index in [-0.39, 0.29) is 35.1 Å². The average Bonchev–Trinajstić information content (AvgIpc) is 3.30. The van der Waals surface area contributed by atoms with E-state index in [2.05, 4.69) is 13.8 Å². The summed E-state index contributed by atoms with van der Waals surface area (Å²) in [6.45, 7) is 8.21. The van der Waals surface area contributed by atoms with Gasteiger partial charge in [0.05, 0.1) is 25.7 Å². The van der Waals surface area contributed by atoms with Gasteiger partial charge in [0.25, 0.3) is 0 Å². The third-order valence-corrected chi connectivity index (χ3v) is 8.51. The van der Waals surface area contributed by atoms with E-state index in [0.29, 0.717) is 11.8 Å². The average molecular weight is 349 g/mol. The third kappa shape index (κ3) is 2.29. The van der Waals surface area contributed by atoms with Crippen LogP contribution in [-0.4, -0.2) is 43.4 Å². The van der Waals surface area contributed by atoms with Crippen LogP contribution in [0.5, 0.6) is 0 Å². The molecular formula is C21H34NO3+. The molecule has 2 aliphatic carbocycles. The molecule has 3 saturated heterocycles. The molecule has 2 saturated carbocycles. The minimum atomic E-state index is 0.0484. The Morgan fingerprint density at radius 1 is 1.16 bits per heavy atom. The molecule has 0 unspecified atom stereocenters. The molecule has 3 heterocycles. The Morgan fingerprint density at radius 2 is 1.92 bits per heavy atom. The molecule has 4 nitrogen and oxygen atoms in total. The predicted molar refractivity (Wildman–Crippen MR) is 94.2 cm³/mol. The Morgan fingerprint density at radius 3 is 2.68 bits per heavy atom. The van der Waals surface area contributed by atoms with Gasteiger partial charge in [-0.3, -0.25) is 4.79 Å².